The number of piperazine rings is 1. The van der Waals surface area contributed by atoms with E-state index < -0.39 is 0 Å². The highest BCUT2D eigenvalue weighted by molar-refractivity contribution is 6.33. The summed E-state index contributed by atoms with van der Waals surface area (Å²) in [6.45, 7) is 11.4. The van der Waals surface area contributed by atoms with E-state index >= 15 is 0 Å². The molecular weight excluding hydrogens is 530 g/mol. The molecule has 2 amide bonds. The molecule has 0 radical (unpaired) electrons. The number of hydrogen-bond acceptors (Lipinski definition) is 6. The van der Waals surface area contributed by atoms with E-state index in [0.717, 1.165) is 16.8 Å². The number of carbonyl (C=O) groups excluding carboxylic acids is 2. The summed E-state index contributed by atoms with van der Waals surface area (Å²) in [6.07, 6.45) is 0. The average Bonchev–Trinajstić information content (AvgIpc) is 2.95. The lowest BCUT2D eigenvalue weighted by Gasteiger charge is -2.36. The molecule has 8 nitrogen and oxygen atoms in total. The van der Waals surface area contributed by atoms with Crippen LogP contribution in [0, 0.1) is 6.92 Å². The molecule has 40 heavy (non-hydrogen) atoms. The number of halogens is 1. The Kier molecular flexibility index (Phi) is 9.77. The summed E-state index contributed by atoms with van der Waals surface area (Å²) >= 11 is 6.67. The normalized spacial score (nSPS) is 13.1. The van der Waals surface area contributed by atoms with E-state index in [1.165, 1.54) is 0 Å². The maximum Gasteiger partial charge on any atom is 0.255 e. The highest BCUT2D eigenvalue weighted by Gasteiger charge is 2.24. The Morgan fingerprint density at radius 2 is 1.48 bits per heavy atom. The minimum absolute atomic E-state index is 0.0520. The Bertz CT molecular complexity index is 1330. The summed E-state index contributed by atoms with van der Waals surface area (Å²) in [5.74, 6) is 1.12. The number of hydrogen-bond donors (Lipinski definition) is 1. The van der Waals surface area contributed by atoms with Crippen LogP contribution >= 0.6 is 11.6 Å². The molecular formula is C31H36ClN3O5. The van der Waals surface area contributed by atoms with E-state index in [1.54, 1.807) is 18.2 Å². The topological polar surface area (TPSA) is 80.3 Å². The largest absolute Gasteiger partial charge is 0.490 e. The number of nitrogens with one attached hydrogen (secondary N) is 1. The first-order valence-electron chi connectivity index (χ1n) is 13.6. The van der Waals surface area contributed by atoms with Crippen LogP contribution in [0.1, 0.15) is 47.1 Å². The lowest BCUT2D eigenvalue weighted by molar-refractivity contribution is 0.0746. The van der Waals surface area contributed by atoms with Gasteiger partial charge in [0, 0.05) is 43.0 Å². The number of amides is 2. The summed E-state index contributed by atoms with van der Waals surface area (Å²) in [5.41, 5.74) is 3.52. The standard InChI is InChI=1S/C31H36ClN3O5/c1-5-38-27-18-22(19-28(39-6-2)29(27)40-7-3)30(36)33-23-12-13-26(25(32)20-23)34-14-16-35(17-15-34)31(37)24-11-9-8-10-21(24)4/h8-13,18-20H,5-7,14-17H2,1-4H3,(H,33,36). The fraction of sp³-hybridized carbons (Fsp3) is 0.355. The van der Waals surface area contributed by atoms with Gasteiger partial charge in [-0.05, 0) is 69.7 Å². The molecule has 0 bridgehead atoms. The van der Waals surface area contributed by atoms with Crippen LogP contribution in [0.5, 0.6) is 17.2 Å². The first-order chi connectivity index (χ1) is 19.4. The van der Waals surface area contributed by atoms with Gasteiger partial charge < -0.3 is 29.3 Å². The minimum Gasteiger partial charge on any atom is -0.490 e. The van der Waals surface area contributed by atoms with Crippen molar-refractivity contribution in [2.45, 2.75) is 27.7 Å². The molecule has 1 N–H and O–H groups in total. The zero-order valence-corrected chi connectivity index (χ0v) is 24.2. The summed E-state index contributed by atoms with van der Waals surface area (Å²) in [5, 5.41) is 3.44. The van der Waals surface area contributed by atoms with Crippen molar-refractivity contribution < 1.29 is 23.8 Å². The maximum atomic E-state index is 13.2. The smallest absolute Gasteiger partial charge is 0.255 e. The molecule has 0 atom stereocenters. The third kappa shape index (κ3) is 6.62. The molecule has 3 aromatic rings. The molecule has 1 aliphatic rings. The maximum absolute atomic E-state index is 13.2. The van der Waals surface area contributed by atoms with E-state index in [4.69, 9.17) is 25.8 Å². The third-order valence-electron chi connectivity index (χ3n) is 6.66. The first kappa shape index (κ1) is 29.1. The summed E-state index contributed by atoms with van der Waals surface area (Å²) in [7, 11) is 0. The van der Waals surface area contributed by atoms with Crippen molar-refractivity contribution in [2.24, 2.45) is 0 Å². The zero-order valence-electron chi connectivity index (χ0n) is 23.5. The predicted molar refractivity (Wildman–Crippen MR) is 159 cm³/mol. The minimum atomic E-state index is -0.322. The van der Waals surface area contributed by atoms with E-state index in [2.05, 4.69) is 10.2 Å². The second kappa shape index (κ2) is 13.4. The van der Waals surface area contributed by atoms with Gasteiger partial charge in [-0.1, -0.05) is 29.8 Å². The Morgan fingerprint density at radius 1 is 0.850 bits per heavy atom. The van der Waals surface area contributed by atoms with Crippen LogP contribution in [0.15, 0.2) is 54.6 Å². The van der Waals surface area contributed by atoms with Gasteiger partial charge in [-0.3, -0.25) is 9.59 Å². The number of aryl methyl sites for hydroxylation is 1. The first-order valence-corrected chi connectivity index (χ1v) is 14.0. The SMILES string of the molecule is CCOc1cc(C(=O)Nc2ccc(N3CCN(C(=O)c4ccccc4C)CC3)c(Cl)c2)cc(OCC)c1OCC. The number of rotatable bonds is 10. The van der Waals surface area contributed by atoms with Crippen molar-refractivity contribution >= 4 is 34.8 Å². The van der Waals surface area contributed by atoms with E-state index in [1.807, 2.05) is 69.0 Å². The monoisotopic (exact) mass is 565 g/mol. The van der Waals surface area contributed by atoms with Crippen LogP contribution in [-0.4, -0.2) is 62.7 Å². The molecule has 1 fully saturated rings. The van der Waals surface area contributed by atoms with Crippen molar-refractivity contribution in [3.63, 3.8) is 0 Å². The molecule has 0 saturated carbocycles. The predicted octanol–water partition coefficient (Wildman–Crippen LogP) is 6.06. The van der Waals surface area contributed by atoms with Crippen LogP contribution in [0.3, 0.4) is 0 Å². The van der Waals surface area contributed by atoms with Gasteiger partial charge in [0.2, 0.25) is 5.75 Å². The van der Waals surface area contributed by atoms with Gasteiger partial charge >= 0.3 is 0 Å². The fourth-order valence-electron chi connectivity index (χ4n) is 4.70. The highest BCUT2D eigenvalue weighted by Crippen LogP contribution is 2.39. The summed E-state index contributed by atoms with van der Waals surface area (Å²) in [6, 6.07) is 16.4. The number of carbonyl (C=O) groups is 2. The zero-order chi connectivity index (χ0) is 28.6. The number of nitrogens with zero attached hydrogens (tertiary/aromatic N) is 2. The van der Waals surface area contributed by atoms with Crippen LogP contribution in [0.25, 0.3) is 0 Å². The molecule has 9 heteroatoms. The summed E-state index contributed by atoms with van der Waals surface area (Å²) in [4.78, 5) is 30.2. The lowest BCUT2D eigenvalue weighted by atomic mass is 10.1. The molecule has 0 aliphatic carbocycles. The van der Waals surface area contributed by atoms with Crippen LogP contribution in [-0.2, 0) is 0 Å². The van der Waals surface area contributed by atoms with Crippen LogP contribution < -0.4 is 24.4 Å². The number of anilines is 2. The molecule has 4 rings (SSSR count). The number of ether oxygens (including phenoxy) is 3. The molecule has 0 spiro atoms. The molecule has 1 saturated heterocycles. The van der Waals surface area contributed by atoms with Gasteiger partial charge in [-0.2, -0.15) is 0 Å². The van der Waals surface area contributed by atoms with Gasteiger partial charge in [0.15, 0.2) is 11.5 Å². The van der Waals surface area contributed by atoms with E-state index in [0.29, 0.717) is 79.5 Å². The van der Waals surface area contributed by atoms with Gasteiger partial charge in [-0.15, -0.1) is 0 Å². The van der Waals surface area contributed by atoms with Crippen molar-refractivity contribution in [3.05, 3.63) is 76.3 Å². The van der Waals surface area contributed by atoms with Crippen LogP contribution in [0.2, 0.25) is 5.02 Å². The molecule has 0 aromatic heterocycles. The van der Waals surface area contributed by atoms with Crippen LogP contribution in [0.4, 0.5) is 11.4 Å². The molecule has 1 aliphatic heterocycles. The lowest BCUT2D eigenvalue weighted by Crippen LogP contribution is -2.49. The second-order valence-corrected chi connectivity index (χ2v) is 9.72. The molecule has 1 heterocycles. The summed E-state index contributed by atoms with van der Waals surface area (Å²) < 4.78 is 17.2. The van der Waals surface area contributed by atoms with Gasteiger partial charge in [0.1, 0.15) is 0 Å². The Hall–Kier alpha value is -3.91. The van der Waals surface area contributed by atoms with Crippen molar-refractivity contribution in [1.82, 2.24) is 4.90 Å². The Labute approximate surface area is 240 Å². The quantitative estimate of drug-likeness (QED) is 0.322. The molecule has 212 valence electrons. The average molecular weight is 566 g/mol. The molecule has 0 unspecified atom stereocenters. The Balaban J connectivity index is 1.44. The molecule has 3 aromatic carbocycles. The van der Waals surface area contributed by atoms with Gasteiger partial charge in [0.05, 0.1) is 30.5 Å². The van der Waals surface area contributed by atoms with Crippen molar-refractivity contribution in [1.29, 1.82) is 0 Å². The third-order valence-corrected chi connectivity index (χ3v) is 6.96. The second-order valence-electron chi connectivity index (χ2n) is 9.32. The highest BCUT2D eigenvalue weighted by atomic mass is 35.5. The van der Waals surface area contributed by atoms with Gasteiger partial charge in [0.25, 0.3) is 11.8 Å². The fourth-order valence-corrected chi connectivity index (χ4v) is 5.00. The van der Waals surface area contributed by atoms with E-state index in [-0.39, 0.29) is 11.8 Å². The number of benzene rings is 3. The van der Waals surface area contributed by atoms with Gasteiger partial charge in [-0.25, -0.2) is 0 Å². The van der Waals surface area contributed by atoms with E-state index in [9.17, 15) is 9.59 Å². The Morgan fingerprint density at radius 3 is 2.05 bits per heavy atom. The van der Waals surface area contributed by atoms with Crippen molar-refractivity contribution in [2.75, 3.05) is 56.2 Å². The van der Waals surface area contributed by atoms with Crippen molar-refractivity contribution in [3.8, 4) is 17.2 Å².